The van der Waals surface area contributed by atoms with Crippen molar-refractivity contribution >= 4 is 17.2 Å². The van der Waals surface area contributed by atoms with Gasteiger partial charge in [0.1, 0.15) is 4.99 Å². The van der Waals surface area contributed by atoms with Gasteiger partial charge in [0.05, 0.1) is 0 Å². The van der Waals surface area contributed by atoms with Gasteiger partial charge in [-0.3, -0.25) is 0 Å². The molecule has 0 heterocycles. The maximum atomic E-state index is 5.65. The highest BCUT2D eigenvalue weighted by atomic mass is 32.1. The molecular weight excluding hydrogens is 250 g/mol. The Labute approximate surface area is 122 Å². The van der Waals surface area contributed by atoms with E-state index in [2.05, 4.69) is 49.2 Å². The molecule has 0 bridgehead atoms. The second-order valence-corrected chi connectivity index (χ2v) is 5.82. The predicted molar refractivity (Wildman–Crippen MR) is 86.3 cm³/mol. The van der Waals surface area contributed by atoms with Gasteiger partial charge in [0.25, 0.3) is 0 Å². The molecule has 1 aliphatic carbocycles. The van der Waals surface area contributed by atoms with Crippen LogP contribution in [0.4, 0.5) is 0 Å². The SMILES string of the molecule is CC(C(=S)N(C)Cc1ccccc1)=C1CCCCC1. The third-order valence-corrected chi connectivity index (χ3v) is 4.54. The maximum Gasteiger partial charge on any atom is 0.104 e. The van der Waals surface area contributed by atoms with Crippen LogP contribution in [0.5, 0.6) is 0 Å². The van der Waals surface area contributed by atoms with Crippen molar-refractivity contribution < 1.29 is 0 Å². The van der Waals surface area contributed by atoms with Crippen molar-refractivity contribution in [1.82, 2.24) is 4.90 Å². The fourth-order valence-corrected chi connectivity index (χ4v) is 2.93. The van der Waals surface area contributed by atoms with E-state index in [9.17, 15) is 0 Å². The van der Waals surface area contributed by atoms with Crippen LogP contribution in [-0.2, 0) is 6.54 Å². The Morgan fingerprint density at radius 1 is 1.11 bits per heavy atom. The summed E-state index contributed by atoms with van der Waals surface area (Å²) < 4.78 is 0. The smallest absolute Gasteiger partial charge is 0.104 e. The molecule has 0 saturated heterocycles. The second-order valence-electron chi connectivity index (χ2n) is 5.44. The third kappa shape index (κ3) is 3.90. The van der Waals surface area contributed by atoms with E-state index in [1.54, 1.807) is 5.57 Å². The van der Waals surface area contributed by atoms with Gasteiger partial charge in [-0.2, -0.15) is 0 Å². The van der Waals surface area contributed by atoms with Crippen molar-refractivity contribution in [1.29, 1.82) is 0 Å². The Kier molecular flexibility index (Phi) is 5.15. The number of hydrogen-bond acceptors (Lipinski definition) is 1. The van der Waals surface area contributed by atoms with E-state index >= 15 is 0 Å². The molecule has 0 aromatic heterocycles. The first-order valence-electron chi connectivity index (χ1n) is 7.16. The zero-order chi connectivity index (χ0) is 13.7. The summed E-state index contributed by atoms with van der Waals surface area (Å²) >= 11 is 5.65. The van der Waals surface area contributed by atoms with Crippen LogP contribution in [0.15, 0.2) is 41.5 Å². The quantitative estimate of drug-likeness (QED) is 0.579. The molecular formula is C17H23NS. The predicted octanol–water partition coefficient (Wildman–Crippen LogP) is 4.73. The van der Waals surface area contributed by atoms with Crippen LogP contribution < -0.4 is 0 Å². The lowest BCUT2D eigenvalue weighted by molar-refractivity contribution is 0.507. The van der Waals surface area contributed by atoms with Crippen LogP contribution in [0.1, 0.15) is 44.6 Å². The summed E-state index contributed by atoms with van der Waals surface area (Å²) in [4.78, 5) is 3.21. The zero-order valence-corrected chi connectivity index (χ0v) is 12.8. The molecule has 2 heteroatoms. The van der Waals surface area contributed by atoms with Gasteiger partial charge in [-0.15, -0.1) is 0 Å². The average molecular weight is 273 g/mol. The summed E-state index contributed by atoms with van der Waals surface area (Å²) in [6.07, 6.45) is 6.52. The van der Waals surface area contributed by atoms with E-state index in [-0.39, 0.29) is 0 Å². The summed E-state index contributed by atoms with van der Waals surface area (Å²) in [5, 5.41) is 0. The number of hydrogen-bond donors (Lipinski definition) is 0. The van der Waals surface area contributed by atoms with Crippen LogP contribution >= 0.6 is 12.2 Å². The molecule has 2 rings (SSSR count). The monoisotopic (exact) mass is 273 g/mol. The first-order chi connectivity index (χ1) is 9.18. The summed E-state index contributed by atoms with van der Waals surface area (Å²) in [5.74, 6) is 0. The number of likely N-dealkylation sites (N-methyl/N-ethyl adjacent to an activating group) is 1. The average Bonchev–Trinajstić information content (AvgIpc) is 2.47. The van der Waals surface area contributed by atoms with Crippen molar-refractivity contribution in [2.45, 2.75) is 45.6 Å². The minimum absolute atomic E-state index is 0.893. The van der Waals surface area contributed by atoms with Gasteiger partial charge < -0.3 is 4.90 Å². The summed E-state index contributed by atoms with van der Waals surface area (Å²) in [6, 6.07) is 10.5. The Balaban J connectivity index is 2.02. The molecule has 1 aliphatic rings. The van der Waals surface area contributed by atoms with Crippen LogP contribution in [0.2, 0.25) is 0 Å². The van der Waals surface area contributed by atoms with Crippen molar-refractivity contribution in [2.75, 3.05) is 7.05 Å². The summed E-state index contributed by atoms with van der Waals surface area (Å²) in [5.41, 5.74) is 4.23. The van der Waals surface area contributed by atoms with E-state index in [0.717, 1.165) is 11.5 Å². The third-order valence-electron chi connectivity index (χ3n) is 3.92. The van der Waals surface area contributed by atoms with Crippen molar-refractivity contribution in [3.05, 3.63) is 47.0 Å². The molecule has 1 aromatic rings. The molecule has 0 atom stereocenters. The van der Waals surface area contributed by atoms with Gasteiger partial charge in [-0.25, -0.2) is 0 Å². The molecule has 19 heavy (non-hydrogen) atoms. The number of nitrogens with zero attached hydrogens (tertiary/aromatic N) is 1. The number of benzene rings is 1. The minimum Gasteiger partial charge on any atom is -0.361 e. The van der Waals surface area contributed by atoms with Gasteiger partial charge in [-0.05, 0) is 43.7 Å². The Hall–Kier alpha value is -1.15. The molecule has 0 unspecified atom stereocenters. The Morgan fingerprint density at radius 3 is 2.37 bits per heavy atom. The second kappa shape index (κ2) is 6.85. The Morgan fingerprint density at radius 2 is 1.74 bits per heavy atom. The molecule has 1 saturated carbocycles. The topological polar surface area (TPSA) is 3.24 Å². The minimum atomic E-state index is 0.893. The maximum absolute atomic E-state index is 5.65. The summed E-state index contributed by atoms with van der Waals surface area (Å²) in [6.45, 7) is 3.09. The Bertz CT molecular complexity index is 453. The lowest BCUT2D eigenvalue weighted by Gasteiger charge is -2.24. The van der Waals surface area contributed by atoms with Crippen LogP contribution in [-0.4, -0.2) is 16.9 Å². The lowest BCUT2D eigenvalue weighted by Crippen LogP contribution is -2.26. The fraction of sp³-hybridized carbons (Fsp3) is 0.471. The van der Waals surface area contributed by atoms with Gasteiger partial charge >= 0.3 is 0 Å². The van der Waals surface area contributed by atoms with Gasteiger partial charge in [-0.1, -0.05) is 54.5 Å². The molecule has 0 radical (unpaired) electrons. The highest BCUT2D eigenvalue weighted by Crippen LogP contribution is 2.26. The molecule has 1 fully saturated rings. The normalized spacial score (nSPS) is 15.2. The standard InChI is InChI=1S/C17H23NS/c1-14(16-11-7-4-8-12-16)17(19)18(2)13-15-9-5-3-6-10-15/h3,5-6,9-10H,4,7-8,11-13H2,1-2H3. The molecule has 0 spiro atoms. The molecule has 0 aliphatic heterocycles. The van der Waals surface area contributed by atoms with Crippen molar-refractivity contribution in [2.24, 2.45) is 0 Å². The first-order valence-corrected chi connectivity index (χ1v) is 7.57. The highest BCUT2D eigenvalue weighted by Gasteiger charge is 2.14. The van der Waals surface area contributed by atoms with Crippen LogP contribution in [0.25, 0.3) is 0 Å². The molecule has 0 amide bonds. The van der Waals surface area contributed by atoms with Gasteiger partial charge in [0, 0.05) is 13.6 Å². The number of allylic oxidation sites excluding steroid dienone is 1. The van der Waals surface area contributed by atoms with E-state index in [1.165, 1.54) is 43.2 Å². The zero-order valence-electron chi connectivity index (χ0n) is 12.0. The van der Waals surface area contributed by atoms with Crippen molar-refractivity contribution in [3.8, 4) is 0 Å². The van der Waals surface area contributed by atoms with Crippen molar-refractivity contribution in [3.63, 3.8) is 0 Å². The van der Waals surface area contributed by atoms with E-state index in [1.807, 2.05) is 0 Å². The molecule has 1 nitrogen and oxygen atoms in total. The van der Waals surface area contributed by atoms with E-state index in [0.29, 0.717) is 0 Å². The molecule has 1 aromatic carbocycles. The first kappa shape index (κ1) is 14.3. The summed E-state index contributed by atoms with van der Waals surface area (Å²) in [7, 11) is 2.10. The van der Waals surface area contributed by atoms with E-state index < -0.39 is 0 Å². The molecule has 0 N–H and O–H groups in total. The van der Waals surface area contributed by atoms with Crippen LogP contribution in [0.3, 0.4) is 0 Å². The fourth-order valence-electron chi connectivity index (χ4n) is 2.72. The van der Waals surface area contributed by atoms with Gasteiger partial charge in [0.15, 0.2) is 0 Å². The number of thiocarbonyl (C=S) groups is 1. The number of rotatable bonds is 3. The molecule has 102 valence electrons. The lowest BCUT2D eigenvalue weighted by atomic mass is 9.91. The largest absolute Gasteiger partial charge is 0.361 e. The highest BCUT2D eigenvalue weighted by molar-refractivity contribution is 7.80. The van der Waals surface area contributed by atoms with E-state index in [4.69, 9.17) is 12.2 Å². The van der Waals surface area contributed by atoms with Gasteiger partial charge in [0.2, 0.25) is 0 Å². The van der Waals surface area contributed by atoms with Crippen LogP contribution in [0, 0.1) is 0 Å².